The number of thiophene rings is 1. The Balaban J connectivity index is 1.75. The van der Waals surface area contributed by atoms with Crippen LogP contribution in [-0.4, -0.2) is 44.5 Å². The lowest BCUT2D eigenvalue weighted by Crippen LogP contribution is -2.52. The fourth-order valence-corrected chi connectivity index (χ4v) is 6.30. The summed E-state index contributed by atoms with van der Waals surface area (Å²) in [6.45, 7) is 5.51. The smallest absolute Gasteiger partial charge is 0.333 e. The van der Waals surface area contributed by atoms with Gasteiger partial charge in [-0.05, 0) is 45.2 Å². The van der Waals surface area contributed by atoms with Crippen LogP contribution in [0.25, 0.3) is 21.0 Å². The third kappa shape index (κ3) is 4.95. The molecular formula is C27H28ClN3O7S. The van der Waals surface area contributed by atoms with Crippen molar-refractivity contribution >= 4 is 39.1 Å². The van der Waals surface area contributed by atoms with E-state index in [9.17, 15) is 19.5 Å². The number of nitrogens with zero attached hydrogens (tertiary/aromatic N) is 3. The number of carboxylic acid groups (broad SMARTS) is 1. The number of aromatic nitrogens is 3. The summed E-state index contributed by atoms with van der Waals surface area (Å²) in [5.41, 5.74) is -2.03. The summed E-state index contributed by atoms with van der Waals surface area (Å²) in [4.78, 5) is 45.2. The van der Waals surface area contributed by atoms with Gasteiger partial charge < -0.3 is 19.0 Å². The first-order chi connectivity index (χ1) is 18.6. The van der Waals surface area contributed by atoms with E-state index in [-0.39, 0.29) is 18.0 Å². The molecule has 0 bridgehead atoms. The second kappa shape index (κ2) is 10.7. The Morgan fingerprint density at radius 2 is 2.00 bits per heavy atom. The van der Waals surface area contributed by atoms with Gasteiger partial charge in [-0.25, -0.2) is 19.1 Å². The number of carboxylic acids is 1. The minimum absolute atomic E-state index is 0.00260. The second-order valence-electron chi connectivity index (χ2n) is 9.93. The minimum atomic E-state index is -1.82. The van der Waals surface area contributed by atoms with Crippen LogP contribution in [0.2, 0.25) is 5.02 Å². The van der Waals surface area contributed by atoms with Crippen molar-refractivity contribution in [2.75, 3.05) is 13.2 Å². The Morgan fingerprint density at radius 3 is 2.64 bits per heavy atom. The predicted octanol–water partition coefficient (Wildman–Crippen LogP) is 4.60. The molecule has 1 aliphatic rings. The molecule has 1 unspecified atom stereocenters. The summed E-state index contributed by atoms with van der Waals surface area (Å²) in [6, 6.07) is 7.23. The third-order valence-electron chi connectivity index (χ3n) is 7.05. The zero-order valence-electron chi connectivity index (χ0n) is 21.7. The maximum absolute atomic E-state index is 14.0. The molecule has 12 heteroatoms. The number of oxazole rings is 1. The molecule has 1 saturated heterocycles. The number of benzene rings is 1. The molecule has 0 amide bonds. The summed E-state index contributed by atoms with van der Waals surface area (Å²) in [5, 5.41) is 10.7. The van der Waals surface area contributed by atoms with Crippen molar-refractivity contribution in [1.82, 2.24) is 14.1 Å². The number of fused-ring (bicyclic) bond motifs is 1. The largest absolute Gasteiger partial charge is 0.480 e. The Labute approximate surface area is 232 Å². The summed E-state index contributed by atoms with van der Waals surface area (Å²) in [6.07, 6.45) is 3.50. The standard InChI is InChI=1S/C27H28ClN3O7S/c1-15-20-23(32)31(27(2,3)25(33)34)26(35)30(24(20)39-21(15)22-29-10-13-37-22)14-19(17-6-4-5-7-18(17)28)38-16-8-11-36-12-9-16/h4-7,10,13,16,19H,8-9,11-12,14H2,1-3H3,(H,33,34). The molecule has 0 spiro atoms. The maximum atomic E-state index is 14.0. The molecule has 4 heterocycles. The first-order valence-corrected chi connectivity index (χ1v) is 13.7. The van der Waals surface area contributed by atoms with Crippen molar-refractivity contribution in [3.8, 4) is 10.8 Å². The van der Waals surface area contributed by atoms with Crippen LogP contribution in [-0.2, 0) is 26.4 Å². The fourth-order valence-electron chi connectivity index (χ4n) is 4.80. The Morgan fingerprint density at radius 1 is 1.28 bits per heavy atom. The number of ether oxygens (including phenoxy) is 2. The highest BCUT2D eigenvalue weighted by atomic mass is 35.5. The van der Waals surface area contributed by atoms with E-state index < -0.39 is 28.9 Å². The van der Waals surface area contributed by atoms with Gasteiger partial charge in [0, 0.05) is 23.8 Å². The molecule has 0 saturated carbocycles. The molecule has 0 radical (unpaired) electrons. The van der Waals surface area contributed by atoms with E-state index in [1.165, 1.54) is 42.2 Å². The molecule has 5 rings (SSSR count). The van der Waals surface area contributed by atoms with Gasteiger partial charge in [-0.15, -0.1) is 11.3 Å². The van der Waals surface area contributed by atoms with Crippen LogP contribution < -0.4 is 11.2 Å². The van der Waals surface area contributed by atoms with Gasteiger partial charge >= 0.3 is 11.7 Å². The van der Waals surface area contributed by atoms with E-state index in [1.54, 1.807) is 13.0 Å². The Bertz CT molecular complexity index is 1630. The number of aryl methyl sites for hydroxylation is 1. The molecule has 1 N–H and O–H groups in total. The van der Waals surface area contributed by atoms with E-state index >= 15 is 0 Å². The van der Waals surface area contributed by atoms with Crippen LogP contribution in [0, 0.1) is 6.92 Å². The van der Waals surface area contributed by atoms with E-state index in [4.69, 9.17) is 25.5 Å². The molecule has 10 nitrogen and oxygen atoms in total. The average Bonchev–Trinajstić information content (AvgIpc) is 3.55. The maximum Gasteiger partial charge on any atom is 0.333 e. The second-order valence-corrected chi connectivity index (χ2v) is 11.3. The fraction of sp³-hybridized carbons (Fsp3) is 0.407. The number of rotatable bonds is 8. The average molecular weight is 574 g/mol. The lowest BCUT2D eigenvalue weighted by molar-refractivity contribution is -0.146. The van der Waals surface area contributed by atoms with E-state index in [1.807, 2.05) is 18.2 Å². The molecule has 1 atom stereocenters. The van der Waals surface area contributed by atoms with Crippen LogP contribution >= 0.6 is 22.9 Å². The quantitative estimate of drug-likeness (QED) is 0.324. The molecule has 206 valence electrons. The highest BCUT2D eigenvalue weighted by Gasteiger charge is 2.36. The van der Waals surface area contributed by atoms with Crippen LogP contribution in [0.4, 0.5) is 0 Å². The van der Waals surface area contributed by atoms with Gasteiger partial charge in [0.1, 0.15) is 22.7 Å². The first kappa shape index (κ1) is 27.3. The van der Waals surface area contributed by atoms with Crippen molar-refractivity contribution < 1.29 is 23.8 Å². The summed E-state index contributed by atoms with van der Waals surface area (Å²) >= 11 is 7.77. The zero-order chi connectivity index (χ0) is 27.9. The molecule has 4 aromatic rings. The predicted molar refractivity (Wildman–Crippen MR) is 147 cm³/mol. The van der Waals surface area contributed by atoms with Crippen LogP contribution in [0.3, 0.4) is 0 Å². The van der Waals surface area contributed by atoms with E-state index in [0.717, 1.165) is 4.57 Å². The highest BCUT2D eigenvalue weighted by molar-refractivity contribution is 7.22. The number of carbonyl (C=O) groups is 1. The summed E-state index contributed by atoms with van der Waals surface area (Å²) in [5.74, 6) is -1.01. The van der Waals surface area contributed by atoms with Gasteiger partial charge in [-0.3, -0.25) is 9.36 Å². The van der Waals surface area contributed by atoms with Crippen molar-refractivity contribution in [2.24, 2.45) is 0 Å². The zero-order valence-corrected chi connectivity index (χ0v) is 23.3. The Hall–Kier alpha value is -3.25. The molecule has 1 aliphatic heterocycles. The van der Waals surface area contributed by atoms with Crippen LogP contribution in [0.1, 0.15) is 43.9 Å². The summed E-state index contributed by atoms with van der Waals surface area (Å²) in [7, 11) is 0. The molecule has 1 aromatic carbocycles. The van der Waals surface area contributed by atoms with Gasteiger partial charge in [0.15, 0.2) is 0 Å². The van der Waals surface area contributed by atoms with E-state index in [0.29, 0.717) is 57.8 Å². The van der Waals surface area contributed by atoms with Crippen molar-refractivity contribution in [2.45, 2.75) is 57.9 Å². The number of aliphatic carboxylic acids is 1. The molecule has 39 heavy (non-hydrogen) atoms. The van der Waals surface area contributed by atoms with Gasteiger partial charge in [0.05, 0.1) is 29.1 Å². The highest BCUT2D eigenvalue weighted by Crippen LogP contribution is 2.37. The monoisotopic (exact) mass is 573 g/mol. The van der Waals surface area contributed by atoms with Crippen molar-refractivity contribution in [1.29, 1.82) is 0 Å². The lowest BCUT2D eigenvalue weighted by Gasteiger charge is -2.30. The van der Waals surface area contributed by atoms with Crippen molar-refractivity contribution in [3.05, 3.63) is 73.7 Å². The number of hydrogen-bond donors (Lipinski definition) is 1. The summed E-state index contributed by atoms with van der Waals surface area (Å²) < 4.78 is 19.7. The normalized spacial score (nSPS) is 15.6. The first-order valence-electron chi connectivity index (χ1n) is 12.5. The molecule has 1 fully saturated rings. The van der Waals surface area contributed by atoms with Crippen LogP contribution in [0.15, 0.2) is 50.7 Å². The molecular weight excluding hydrogens is 546 g/mol. The molecule has 0 aliphatic carbocycles. The number of halogens is 1. The van der Waals surface area contributed by atoms with Crippen molar-refractivity contribution in [3.63, 3.8) is 0 Å². The topological polar surface area (TPSA) is 126 Å². The van der Waals surface area contributed by atoms with Gasteiger partial charge in [-0.1, -0.05) is 29.8 Å². The van der Waals surface area contributed by atoms with Gasteiger partial charge in [0.2, 0.25) is 5.89 Å². The minimum Gasteiger partial charge on any atom is -0.480 e. The van der Waals surface area contributed by atoms with Gasteiger partial charge in [-0.2, -0.15) is 0 Å². The lowest BCUT2D eigenvalue weighted by atomic mass is 10.1. The third-order valence-corrected chi connectivity index (χ3v) is 8.69. The van der Waals surface area contributed by atoms with E-state index in [2.05, 4.69) is 4.98 Å². The van der Waals surface area contributed by atoms with Gasteiger partial charge in [0.25, 0.3) is 5.56 Å². The number of hydrogen-bond acceptors (Lipinski definition) is 8. The molecule has 3 aromatic heterocycles. The Kier molecular flexibility index (Phi) is 7.51. The van der Waals surface area contributed by atoms with Crippen LogP contribution in [0.5, 0.6) is 0 Å². The SMILES string of the molecule is Cc1c(-c2ncco2)sc2c1c(=O)n(C(C)(C)C(=O)O)c(=O)n2CC(OC1CCOCC1)c1ccccc1Cl.